The van der Waals surface area contributed by atoms with E-state index >= 15 is 0 Å². The van der Waals surface area contributed by atoms with Crippen LogP contribution in [0.5, 0.6) is 0 Å². The summed E-state index contributed by atoms with van der Waals surface area (Å²) in [5.74, 6) is 1.02. The molecule has 2 saturated heterocycles. The largest absolute Gasteiger partial charge is 0.376 e. The molecule has 2 aliphatic heterocycles. The molecule has 0 aliphatic carbocycles. The molecule has 2 aliphatic rings. The highest BCUT2D eigenvalue weighted by Crippen LogP contribution is 2.14. The van der Waals surface area contributed by atoms with Crippen LogP contribution in [0.25, 0.3) is 0 Å². The number of amides is 2. The highest BCUT2D eigenvalue weighted by molar-refractivity contribution is 5.73. The van der Waals surface area contributed by atoms with Crippen LogP contribution in [0.15, 0.2) is 18.3 Å². The number of nitrogens with zero attached hydrogens (tertiary/aromatic N) is 3. The first-order valence-electron chi connectivity index (χ1n) is 9.30. The smallest absolute Gasteiger partial charge is 0.315 e. The van der Waals surface area contributed by atoms with Crippen LogP contribution in [0.1, 0.15) is 25.3 Å². The van der Waals surface area contributed by atoms with Crippen molar-refractivity contribution in [3.63, 3.8) is 0 Å². The number of hydrogen-bond donors (Lipinski definition) is 2. The number of anilines is 1. The molecule has 0 aromatic carbocycles. The summed E-state index contributed by atoms with van der Waals surface area (Å²) in [6, 6.07) is 3.92. The van der Waals surface area contributed by atoms with Gasteiger partial charge in [0.25, 0.3) is 0 Å². The molecule has 1 unspecified atom stereocenters. The predicted octanol–water partition coefficient (Wildman–Crippen LogP) is 1.20. The number of pyridine rings is 1. The van der Waals surface area contributed by atoms with Crippen molar-refractivity contribution in [1.29, 1.82) is 0 Å². The zero-order chi connectivity index (χ0) is 17.5. The van der Waals surface area contributed by atoms with Gasteiger partial charge in [0.15, 0.2) is 0 Å². The number of ether oxygens (including phenoxy) is 1. The Kier molecular flexibility index (Phi) is 6.47. The van der Waals surface area contributed by atoms with Crippen LogP contribution >= 0.6 is 0 Å². The number of piperazine rings is 1. The van der Waals surface area contributed by atoms with Crippen LogP contribution in [0.2, 0.25) is 0 Å². The second kappa shape index (κ2) is 9.01. The minimum absolute atomic E-state index is 0.157. The van der Waals surface area contributed by atoms with Crippen molar-refractivity contribution in [3.8, 4) is 0 Å². The quantitative estimate of drug-likeness (QED) is 0.809. The first kappa shape index (κ1) is 17.9. The average Bonchev–Trinajstić information content (AvgIpc) is 3.19. The fraction of sp³-hybridized carbons (Fsp3) is 0.667. The molecule has 0 radical (unpaired) electrons. The van der Waals surface area contributed by atoms with E-state index in [1.807, 2.05) is 18.3 Å². The third-order valence-electron chi connectivity index (χ3n) is 4.92. The molecule has 7 nitrogen and oxygen atoms in total. The minimum atomic E-state index is -0.157. The van der Waals surface area contributed by atoms with Gasteiger partial charge in [0, 0.05) is 52.1 Å². The van der Waals surface area contributed by atoms with Gasteiger partial charge in [-0.25, -0.2) is 9.78 Å². The molecular weight excluding hydrogens is 318 g/mol. The number of aromatic nitrogens is 1. The fourth-order valence-corrected chi connectivity index (χ4v) is 3.26. The number of hydrogen-bond acceptors (Lipinski definition) is 5. The Hall–Kier alpha value is -1.86. The number of nitrogens with one attached hydrogen (secondary N) is 2. The Balaban J connectivity index is 1.39. The molecule has 3 heterocycles. The monoisotopic (exact) mass is 347 g/mol. The number of carbonyl (C=O) groups excluding carboxylic acids is 1. The van der Waals surface area contributed by atoms with E-state index in [2.05, 4.69) is 32.3 Å². The number of rotatable bonds is 6. The van der Waals surface area contributed by atoms with E-state index in [1.54, 1.807) is 0 Å². The molecule has 2 amide bonds. The number of carbonyl (C=O) groups is 1. The van der Waals surface area contributed by atoms with Gasteiger partial charge < -0.3 is 25.2 Å². The summed E-state index contributed by atoms with van der Waals surface area (Å²) in [5.41, 5.74) is 1.00. The second-order valence-electron chi connectivity index (χ2n) is 6.64. The van der Waals surface area contributed by atoms with Gasteiger partial charge in [0.05, 0.1) is 6.10 Å². The van der Waals surface area contributed by atoms with Gasteiger partial charge in [-0.2, -0.15) is 0 Å². The van der Waals surface area contributed by atoms with Gasteiger partial charge in [0.1, 0.15) is 5.82 Å². The van der Waals surface area contributed by atoms with E-state index < -0.39 is 0 Å². The van der Waals surface area contributed by atoms with E-state index in [0.717, 1.165) is 63.6 Å². The van der Waals surface area contributed by atoms with Crippen LogP contribution in [0.4, 0.5) is 10.6 Å². The fourth-order valence-electron chi connectivity index (χ4n) is 3.26. The summed E-state index contributed by atoms with van der Waals surface area (Å²) >= 11 is 0. The van der Waals surface area contributed by atoms with E-state index in [0.29, 0.717) is 13.1 Å². The van der Waals surface area contributed by atoms with Crippen molar-refractivity contribution in [1.82, 2.24) is 20.5 Å². The van der Waals surface area contributed by atoms with Gasteiger partial charge in [0.2, 0.25) is 0 Å². The van der Waals surface area contributed by atoms with Gasteiger partial charge in [-0.1, -0.05) is 13.0 Å². The molecule has 2 fully saturated rings. The third kappa shape index (κ3) is 5.31. The Labute approximate surface area is 149 Å². The normalized spacial score (nSPS) is 21.3. The molecule has 1 aromatic heterocycles. The molecule has 7 heteroatoms. The summed E-state index contributed by atoms with van der Waals surface area (Å²) in [5, 5.41) is 5.73. The van der Waals surface area contributed by atoms with Crippen molar-refractivity contribution < 1.29 is 9.53 Å². The molecule has 1 atom stereocenters. The standard InChI is InChI=1S/C18H29N5O2/c1-2-22-7-9-23(10-8-22)17-6-5-15(12-19-17)13-20-18(24)21-14-16-4-3-11-25-16/h5-6,12,16H,2-4,7-11,13-14H2,1H3,(H2,20,21,24). The Morgan fingerprint density at radius 1 is 1.28 bits per heavy atom. The molecule has 25 heavy (non-hydrogen) atoms. The first-order chi connectivity index (χ1) is 12.2. The van der Waals surface area contributed by atoms with Gasteiger partial charge in [-0.3, -0.25) is 0 Å². The zero-order valence-corrected chi connectivity index (χ0v) is 15.0. The SMILES string of the molecule is CCN1CCN(c2ccc(CNC(=O)NCC3CCCO3)cn2)CC1. The second-order valence-corrected chi connectivity index (χ2v) is 6.64. The van der Waals surface area contributed by atoms with Crippen molar-refractivity contribution >= 4 is 11.8 Å². The number of likely N-dealkylation sites (N-methyl/N-ethyl adjacent to an activating group) is 1. The molecule has 0 saturated carbocycles. The molecular formula is C18H29N5O2. The highest BCUT2D eigenvalue weighted by Gasteiger charge is 2.17. The molecule has 2 N–H and O–H groups in total. The number of urea groups is 1. The van der Waals surface area contributed by atoms with Crippen LogP contribution in [-0.2, 0) is 11.3 Å². The lowest BCUT2D eigenvalue weighted by Crippen LogP contribution is -2.46. The summed E-state index contributed by atoms with van der Waals surface area (Å²) in [7, 11) is 0. The maximum atomic E-state index is 11.8. The summed E-state index contributed by atoms with van der Waals surface area (Å²) in [6.07, 6.45) is 4.12. The van der Waals surface area contributed by atoms with E-state index in [9.17, 15) is 4.79 Å². The maximum absolute atomic E-state index is 11.8. The van der Waals surface area contributed by atoms with Crippen LogP contribution in [0.3, 0.4) is 0 Å². The van der Waals surface area contributed by atoms with Crippen LogP contribution in [-0.4, -0.2) is 67.9 Å². The molecule has 3 rings (SSSR count). The van der Waals surface area contributed by atoms with Gasteiger partial charge in [-0.15, -0.1) is 0 Å². The van der Waals surface area contributed by atoms with E-state index in [4.69, 9.17) is 4.74 Å². The lowest BCUT2D eigenvalue weighted by atomic mass is 10.2. The summed E-state index contributed by atoms with van der Waals surface area (Å²) < 4.78 is 5.49. The Morgan fingerprint density at radius 3 is 2.76 bits per heavy atom. The summed E-state index contributed by atoms with van der Waals surface area (Å²) in [6.45, 7) is 9.39. The van der Waals surface area contributed by atoms with E-state index in [-0.39, 0.29) is 12.1 Å². The zero-order valence-electron chi connectivity index (χ0n) is 15.0. The van der Waals surface area contributed by atoms with Crippen LogP contribution in [0, 0.1) is 0 Å². The average molecular weight is 347 g/mol. The Morgan fingerprint density at radius 2 is 2.12 bits per heavy atom. The highest BCUT2D eigenvalue weighted by atomic mass is 16.5. The van der Waals surface area contributed by atoms with Crippen molar-refractivity contribution in [3.05, 3.63) is 23.9 Å². The Bertz CT molecular complexity index is 537. The van der Waals surface area contributed by atoms with Crippen molar-refractivity contribution in [2.75, 3.05) is 50.8 Å². The third-order valence-corrected chi connectivity index (χ3v) is 4.92. The van der Waals surface area contributed by atoms with Gasteiger partial charge in [-0.05, 0) is 31.0 Å². The lowest BCUT2D eigenvalue weighted by molar-refractivity contribution is 0.111. The lowest BCUT2D eigenvalue weighted by Gasteiger charge is -2.34. The predicted molar refractivity (Wildman–Crippen MR) is 97.8 cm³/mol. The molecule has 0 spiro atoms. The summed E-state index contributed by atoms with van der Waals surface area (Å²) in [4.78, 5) is 21.2. The van der Waals surface area contributed by atoms with Crippen molar-refractivity contribution in [2.45, 2.75) is 32.4 Å². The van der Waals surface area contributed by atoms with Gasteiger partial charge >= 0.3 is 6.03 Å². The van der Waals surface area contributed by atoms with E-state index in [1.165, 1.54) is 0 Å². The molecule has 0 bridgehead atoms. The molecule has 138 valence electrons. The molecule has 1 aromatic rings. The topological polar surface area (TPSA) is 69.7 Å². The first-order valence-corrected chi connectivity index (χ1v) is 9.30. The maximum Gasteiger partial charge on any atom is 0.315 e. The van der Waals surface area contributed by atoms with Crippen molar-refractivity contribution in [2.24, 2.45) is 0 Å². The van der Waals surface area contributed by atoms with Crippen LogP contribution < -0.4 is 15.5 Å². The minimum Gasteiger partial charge on any atom is -0.376 e.